The Labute approximate surface area is 116 Å². The van der Waals surface area contributed by atoms with E-state index in [1.54, 1.807) is 19.1 Å². The van der Waals surface area contributed by atoms with Crippen LogP contribution in [-0.2, 0) is 10.0 Å². The highest BCUT2D eigenvalue weighted by Crippen LogP contribution is 2.23. The molecule has 0 aliphatic heterocycles. The number of nitrogens with one attached hydrogen (secondary N) is 1. The molecule has 1 aromatic carbocycles. The number of sulfonamides is 1. The van der Waals surface area contributed by atoms with Crippen LogP contribution in [0.1, 0.15) is 5.69 Å². The average Bonchev–Trinajstić information content (AvgIpc) is 2.26. The van der Waals surface area contributed by atoms with Crippen LogP contribution < -0.4 is 10.5 Å². The highest BCUT2D eigenvalue weighted by Gasteiger charge is 2.14. The van der Waals surface area contributed by atoms with Crippen molar-refractivity contribution in [3.05, 3.63) is 36.0 Å². The van der Waals surface area contributed by atoms with Crippen molar-refractivity contribution < 1.29 is 8.42 Å². The van der Waals surface area contributed by atoms with Crippen molar-refractivity contribution in [3.63, 3.8) is 0 Å². The topological polar surface area (TPSA) is 85.1 Å². The van der Waals surface area contributed by atoms with Crippen molar-refractivity contribution in [2.24, 2.45) is 5.73 Å². The molecule has 0 unspecified atom stereocenters. The van der Waals surface area contributed by atoms with Gasteiger partial charge < -0.3 is 5.73 Å². The van der Waals surface area contributed by atoms with Crippen LogP contribution in [0.15, 0.2) is 30.3 Å². The Balaban J connectivity index is 2.48. The minimum Gasteiger partial charge on any atom is -0.392 e. The van der Waals surface area contributed by atoms with Crippen LogP contribution in [0.25, 0.3) is 10.9 Å². The van der Waals surface area contributed by atoms with E-state index in [1.165, 1.54) is 0 Å². The van der Waals surface area contributed by atoms with Gasteiger partial charge in [-0.15, -0.1) is 0 Å². The van der Waals surface area contributed by atoms with Crippen LogP contribution in [0.5, 0.6) is 0 Å². The van der Waals surface area contributed by atoms with Crippen molar-refractivity contribution in [2.45, 2.75) is 6.92 Å². The van der Waals surface area contributed by atoms with Gasteiger partial charge in [0.25, 0.3) is 0 Å². The standard InChI is InChI=1S/C12H13N3O2S2/c1-8-6-11(15-19(16,17)7-12(13)18)9-4-2-3-5-10(9)14-8/h2-6H,7H2,1H3,(H2,13,18)(H,14,15). The zero-order valence-electron chi connectivity index (χ0n) is 10.3. The minimum atomic E-state index is -3.59. The molecular formula is C12H13N3O2S2. The SMILES string of the molecule is Cc1cc(NS(=O)(=O)CC(N)=S)c2ccccc2n1. The third-order valence-corrected chi connectivity index (χ3v) is 3.99. The number of anilines is 1. The van der Waals surface area contributed by atoms with Gasteiger partial charge in [-0.25, -0.2) is 8.42 Å². The van der Waals surface area contributed by atoms with Crippen LogP contribution in [0.4, 0.5) is 5.69 Å². The second kappa shape index (κ2) is 5.10. The number of nitrogens with zero attached hydrogens (tertiary/aromatic N) is 1. The van der Waals surface area contributed by atoms with Gasteiger partial charge in [-0.3, -0.25) is 9.71 Å². The third kappa shape index (κ3) is 3.39. The number of fused-ring (bicyclic) bond motifs is 1. The van der Waals surface area contributed by atoms with E-state index in [2.05, 4.69) is 21.9 Å². The smallest absolute Gasteiger partial charge is 0.239 e. The monoisotopic (exact) mass is 295 g/mol. The fourth-order valence-electron chi connectivity index (χ4n) is 1.78. The predicted molar refractivity (Wildman–Crippen MR) is 80.7 cm³/mol. The number of aryl methyl sites for hydroxylation is 1. The zero-order chi connectivity index (χ0) is 14.0. The highest BCUT2D eigenvalue weighted by atomic mass is 32.2. The van der Waals surface area contributed by atoms with Gasteiger partial charge in [0.2, 0.25) is 10.0 Å². The molecule has 2 rings (SSSR count). The van der Waals surface area contributed by atoms with Gasteiger partial charge in [0.05, 0.1) is 16.2 Å². The summed E-state index contributed by atoms with van der Waals surface area (Å²) < 4.78 is 26.2. The van der Waals surface area contributed by atoms with E-state index in [0.29, 0.717) is 5.69 Å². The quantitative estimate of drug-likeness (QED) is 0.836. The lowest BCUT2D eigenvalue weighted by Gasteiger charge is -2.10. The largest absolute Gasteiger partial charge is 0.392 e. The minimum absolute atomic E-state index is 0.0671. The summed E-state index contributed by atoms with van der Waals surface area (Å²) in [5, 5.41) is 0.736. The van der Waals surface area contributed by atoms with E-state index in [-0.39, 0.29) is 10.7 Å². The Morgan fingerprint density at radius 3 is 2.79 bits per heavy atom. The van der Waals surface area contributed by atoms with Crippen molar-refractivity contribution in [1.82, 2.24) is 4.98 Å². The van der Waals surface area contributed by atoms with Gasteiger partial charge in [0, 0.05) is 11.1 Å². The number of rotatable bonds is 4. The Hall–Kier alpha value is -1.73. The molecule has 0 saturated carbocycles. The molecule has 0 amide bonds. The number of thiocarbonyl (C=S) groups is 1. The number of hydrogen-bond acceptors (Lipinski definition) is 4. The van der Waals surface area contributed by atoms with E-state index in [0.717, 1.165) is 16.6 Å². The molecule has 0 bridgehead atoms. The van der Waals surface area contributed by atoms with Gasteiger partial charge in [0.1, 0.15) is 5.75 Å². The highest BCUT2D eigenvalue weighted by molar-refractivity contribution is 7.95. The first kappa shape index (κ1) is 13.7. The molecule has 2 aromatic rings. The first-order valence-corrected chi connectivity index (χ1v) is 7.58. The number of pyridine rings is 1. The van der Waals surface area contributed by atoms with Gasteiger partial charge in [-0.2, -0.15) is 0 Å². The second-order valence-corrected chi connectivity index (χ2v) is 6.40. The third-order valence-electron chi connectivity index (χ3n) is 2.44. The summed E-state index contributed by atoms with van der Waals surface area (Å²) in [6.45, 7) is 1.80. The van der Waals surface area contributed by atoms with Gasteiger partial charge in [0.15, 0.2) is 0 Å². The van der Waals surface area contributed by atoms with Crippen LogP contribution >= 0.6 is 12.2 Å². The molecule has 1 aromatic heterocycles. The molecule has 0 spiro atoms. The fraction of sp³-hybridized carbons (Fsp3) is 0.167. The maximum absolute atomic E-state index is 11.9. The van der Waals surface area contributed by atoms with Crippen molar-refractivity contribution in [2.75, 3.05) is 10.5 Å². The average molecular weight is 295 g/mol. The van der Waals surface area contributed by atoms with Crippen molar-refractivity contribution in [1.29, 1.82) is 0 Å². The molecule has 1 heterocycles. The van der Waals surface area contributed by atoms with E-state index in [1.807, 2.05) is 18.2 Å². The normalized spacial score (nSPS) is 11.4. The van der Waals surface area contributed by atoms with Crippen LogP contribution in [0.3, 0.4) is 0 Å². The van der Waals surface area contributed by atoms with Crippen LogP contribution in [-0.4, -0.2) is 24.1 Å². The maximum Gasteiger partial charge on any atom is 0.239 e. The summed E-state index contributed by atoms with van der Waals surface area (Å²) in [5.41, 5.74) is 7.22. The van der Waals surface area contributed by atoms with Crippen molar-refractivity contribution in [3.8, 4) is 0 Å². The van der Waals surface area contributed by atoms with E-state index >= 15 is 0 Å². The number of benzene rings is 1. The Morgan fingerprint density at radius 2 is 2.11 bits per heavy atom. The molecule has 0 saturated heterocycles. The first-order valence-electron chi connectivity index (χ1n) is 5.52. The molecular weight excluding hydrogens is 282 g/mol. The molecule has 0 aliphatic carbocycles. The molecule has 0 atom stereocenters. The van der Waals surface area contributed by atoms with Crippen molar-refractivity contribution >= 4 is 43.8 Å². The summed E-state index contributed by atoms with van der Waals surface area (Å²) in [4.78, 5) is 4.27. The molecule has 0 radical (unpaired) electrons. The zero-order valence-corrected chi connectivity index (χ0v) is 11.9. The summed E-state index contributed by atoms with van der Waals surface area (Å²) in [7, 11) is -3.59. The molecule has 7 heteroatoms. The fourth-order valence-corrected chi connectivity index (χ4v) is 3.20. The first-order chi connectivity index (χ1) is 8.87. The van der Waals surface area contributed by atoms with Crippen LogP contribution in [0, 0.1) is 6.92 Å². The summed E-state index contributed by atoms with van der Waals surface area (Å²) in [6, 6.07) is 8.99. The van der Waals surface area contributed by atoms with Gasteiger partial charge in [-0.1, -0.05) is 30.4 Å². The summed E-state index contributed by atoms with van der Waals surface area (Å²) in [6.07, 6.45) is 0. The Bertz CT molecular complexity index is 742. The molecule has 0 fully saturated rings. The number of para-hydroxylation sites is 1. The van der Waals surface area contributed by atoms with Gasteiger partial charge >= 0.3 is 0 Å². The predicted octanol–water partition coefficient (Wildman–Crippen LogP) is 1.57. The van der Waals surface area contributed by atoms with Crippen LogP contribution in [0.2, 0.25) is 0 Å². The Morgan fingerprint density at radius 1 is 1.42 bits per heavy atom. The molecule has 0 aliphatic rings. The summed E-state index contributed by atoms with van der Waals surface area (Å²) in [5.74, 6) is -0.377. The van der Waals surface area contributed by atoms with E-state index in [4.69, 9.17) is 5.73 Å². The lowest BCUT2D eigenvalue weighted by molar-refractivity contribution is 0.605. The number of aromatic nitrogens is 1. The Kier molecular flexibility index (Phi) is 3.68. The van der Waals surface area contributed by atoms with E-state index < -0.39 is 10.0 Å². The second-order valence-electron chi connectivity index (χ2n) is 4.16. The number of nitrogens with two attached hydrogens (primary N) is 1. The number of hydrogen-bond donors (Lipinski definition) is 2. The maximum atomic E-state index is 11.9. The van der Waals surface area contributed by atoms with Gasteiger partial charge in [-0.05, 0) is 19.1 Å². The molecule has 100 valence electrons. The summed E-state index contributed by atoms with van der Waals surface area (Å²) >= 11 is 4.63. The molecule has 5 nitrogen and oxygen atoms in total. The molecule has 19 heavy (non-hydrogen) atoms. The molecule has 3 N–H and O–H groups in total. The van der Waals surface area contributed by atoms with E-state index in [9.17, 15) is 8.42 Å². The lowest BCUT2D eigenvalue weighted by atomic mass is 10.2. The lowest BCUT2D eigenvalue weighted by Crippen LogP contribution is -2.26.